The van der Waals surface area contributed by atoms with Crippen molar-refractivity contribution in [2.45, 2.75) is 45.6 Å². The molecule has 0 aliphatic carbocycles. The van der Waals surface area contributed by atoms with Crippen molar-refractivity contribution >= 4 is 5.91 Å². The van der Waals surface area contributed by atoms with E-state index in [0.29, 0.717) is 44.3 Å². The van der Waals surface area contributed by atoms with E-state index >= 15 is 0 Å². The van der Waals surface area contributed by atoms with Crippen molar-refractivity contribution in [1.82, 2.24) is 20.1 Å². The minimum absolute atomic E-state index is 0.0865. The van der Waals surface area contributed by atoms with Crippen LogP contribution in [0.25, 0.3) is 0 Å². The van der Waals surface area contributed by atoms with E-state index in [4.69, 9.17) is 9.15 Å². The molecule has 1 saturated heterocycles. The third kappa shape index (κ3) is 4.42. The van der Waals surface area contributed by atoms with Gasteiger partial charge in [0, 0.05) is 37.2 Å². The number of aryl methyl sites for hydroxylation is 2. The van der Waals surface area contributed by atoms with Gasteiger partial charge in [0.05, 0.1) is 13.2 Å². The van der Waals surface area contributed by atoms with Gasteiger partial charge in [-0.25, -0.2) is 0 Å². The summed E-state index contributed by atoms with van der Waals surface area (Å²) in [6, 6.07) is 3.95. The molecule has 25 heavy (non-hydrogen) atoms. The third-order valence-corrected chi connectivity index (χ3v) is 4.24. The van der Waals surface area contributed by atoms with E-state index in [0.717, 1.165) is 11.3 Å². The van der Waals surface area contributed by atoms with Crippen LogP contribution in [0.1, 0.15) is 55.3 Å². The van der Waals surface area contributed by atoms with Crippen LogP contribution in [-0.4, -0.2) is 45.7 Å². The fraction of sp³-hybridized carbons (Fsp3) is 0.556. The van der Waals surface area contributed by atoms with Gasteiger partial charge in [0.2, 0.25) is 17.7 Å². The summed E-state index contributed by atoms with van der Waals surface area (Å²) in [4.78, 5) is 18.6. The Morgan fingerprint density at radius 1 is 1.40 bits per heavy atom. The first-order valence-corrected chi connectivity index (χ1v) is 8.67. The highest BCUT2D eigenvalue weighted by atomic mass is 16.5. The number of nitrogens with zero attached hydrogens (tertiary/aromatic N) is 4. The molecule has 3 heterocycles. The third-order valence-electron chi connectivity index (χ3n) is 4.24. The van der Waals surface area contributed by atoms with Crippen LogP contribution in [-0.2, 0) is 16.0 Å². The molecule has 0 radical (unpaired) electrons. The summed E-state index contributed by atoms with van der Waals surface area (Å²) >= 11 is 0. The number of carbonyl (C=O) groups excluding carboxylic acids is 1. The lowest BCUT2D eigenvalue weighted by Gasteiger charge is -2.33. The van der Waals surface area contributed by atoms with Crippen LogP contribution < -0.4 is 0 Å². The first-order valence-electron chi connectivity index (χ1n) is 8.67. The minimum atomic E-state index is -0.102. The smallest absolute Gasteiger partial charge is 0.223 e. The molecular formula is C18H24N4O3. The van der Waals surface area contributed by atoms with Crippen LogP contribution in [0.3, 0.4) is 0 Å². The lowest BCUT2D eigenvalue weighted by atomic mass is 10.1. The zero-order valence-electron chi connectivity index (χ0n) is 14.9. The van der Waals surface area contributed by atoms with Gasteiger partial charge in [-0.15, -0.1) is 10.2 Å². The minimum Gasteiger partial charge on any atom is -0.425 e. The van der Waals surface area contributed by atoms with Crippen LogP contribution >= 0.6 is 0 Å². The number of hydrogen-bond acceptors (Lipinski definition) is 6. The van der Waals surface area contributed by atoms with Crippen molar-refractivity contribution in [3.63, 3.8) is 0 Å². The predicted molar refractivity (Wildman–Crippen MR) is 91.0 cm³/mol. The van der Waals surface area contributed by atoms with Crippen LogP contribution in [0.15, 0.2) is 22.7 Å². The number of hydrogen-bond donors (Lipinski definition) is 0. The Hall–Kier alpha value is -2.28. The van der Waals surface area contributed by atoms with E-state index in [2.05, 4.69) is 15.2 Å². The van der Waals surface area contributed by atoms with Gasteiger partial charge in [0.25, 0.3) is 0 Å². The Labute approximate surface area is 147 Å². The van der Waals surface area contributed by atoms with Crippen LogP contribution in [0.5, 0.6) is 0 Å². The summed E-state index contributed by atoms with van der Waals surface area (Å²) in [6.45, 7) is 7.65. The number of morpholine rings is 1. The summed E-state index contributed by atoms with van der Waals surface area (Å²) in [5.41, 5.74) is 2.00. The molecule has 0 aromatic carbocycles. The first kappa shape index (κ1) is 17.5. The quantitative estimate of drug-likeness (QED) is 0.828. The Morgan fingerprint density at radius 2 is 2.24 bits per heavy atom. The Kier molecular flexibility index (Phi) is 5.43. The number of amides is 1. The summed E-state index contributed by atoms with van der Waals surface area (Å²) in [6.07, 6.45) is 2.50. The molecule has 1 aliphatic heterocycles. The van der Waals surface area contributed by atoms with Crippen molar-refractivity contribution in [3.8, 4) is 0 Å². The second kappa shape index (κ2) is 7.74. The zero-order chi connectivity index (χ0) is 17.8. The SMILES string of the molecule is Cc1cc([C@H]2CN(C(=O)CCc3nnc(C(C)C)o3)CCO2)ccn1. The van der Waals surface area contributed by atoms with Gasteiger partial charge in [-0.2, -0.15) is 0 Å². The molecule has 7 heteroatoms. The molecule has 0 saturated carbocycles. The summed E-state index contributed by atoms with van der Waals surface area (Å²) in [7, 11) is 0. The predicted octanol–water partition coefficient (Wildman–Crippen LogP) is 2.43. The van der Waals surface area contributed by atoms with Gasteiger partial charge in [-0.1, -0.05) is 13.8 Å². The highest BCUT2D eigenvalue weighted by Gasteiger charge is 2.25. The van der Waals surface area contributed by atoms with E-state index < -0.39 is 0 Å². The monoisotopic (exact) mass is 344 g/mol. The first-order chi connectivity index (χ1) is 12.0. The number of rotatable bonds is 5. The Morgan fingerprint density at radius 3 is 2.96 bits per heavy atom. The zero-order valence-corrected chi connectivity index (χ0v) is 14.9. The van der Waals surface area contributed by atoms with Crippen LogP contribution in [0.4, 0.5) is 0 Å². The molecule has 2 aromatic rings. The Bertz CT molecular complexity index is 729. The molecule has 0 unspecified atom stereocenters. The molecule has 1 atom stereocenters. The van der Waals surface area contributed by atoms with Crippen molar-refractivity contribution in [2.24, 2.45) is 0 Å². The largest absolute Gasteiger partial charge is 0.425 e. The highest BCUT2D eigenvalue weighted by Crippen LogP contribution is 2.23. The lowest BCUT2D eigenvalue weighted by Crippen LogP contribution is -2.42. The van der Waals surface area contributed by atoms with Crippen molar-refractivity contribution in [1.29, 1.82) is 0 Å². The Balaban J connectivity index is 1.56. The number of pyridine rings is 1. The van der Waals surface area contributed by atoms with Crippen molar-refractivity contribution < 1.29 is 13.9 Å². The van der Waals surface area contributed by atoms with E-state index in [1.165, 1.54) is 0 Å². The number of ether oxygens (including phenoxy) is 1. The number of aromatic nitrogens is 3. The van der Waals surface area contributed by atoms with Crippen molar-refractivity contribution in [2.75, 3.05) is 19.7 Å². The fourth-order valence-electron chi connectivity index (χ4n) is 2.82. The summed E-state index contributed by atoms with van der Waals surface area (Å²) < 4.78 is 11.4. The summed E-state index contributed by atoms with van der Waals surface area (Å²) in [5, 5.41) is 8.01. The molecule has 2 aromatic heterocycles. The fourth-order valence-corrected chi connectivity index (χ4v) is 2.82. The summed E-state index contributed by atoms with van der Waals surface area (Å²) in [5.74, 6) is 1.41. The van der Waals surface area contributed by atoms with Gasteiger partial charge in [0.1, 0.15) is 6.10 Å². The lowest BCUT2D eigenvalue weighted by molar-refractivity contribution is -0.139. The topological polar surface area (TPSA) is 81.4 Å². The average molecular weight is 344 g/mol. The van der Waals surface area contributed by atoms with E-state index in [1.54, 1.807) is 6.20 Å². The second-order valence-corrected chi connectivity index (χ2v) is 6.62. The molecule has 1 aliphatic rings. The highest BCUT2D eigenvalue weighted by molar-refractivity contribution is 5.76. The maximum atomic E-state index is 12.5. The normalized spacial score (nSPS) is 17.9. The molecule has 7 nitrogen and oxygen atoms in total. The van der Waals surface area contributed by atoms with Crippen LogP contribution in [0, 0.1) is 6.92 Å². The van der Waals surface area contributed by atoms with Gasteiger partial charge in [0.15, 0.2) is 0 Å². The molecule has 1 fully saturated rings. The average Bonchev–Trinajstić information content (AvgIpc) is 3.09. The van der Waals surface area contributed by atoms with Gasteiger partial charge >= 0.3 is 0 Å². The van der Waals surface area contributed by atoms with Gasteiger partial charge in [-0.3, -0.25) is 9.78 Å². The second-order valence-electron chi connectivity index (χ2n) is 6.62. The molecule has 134 valence electrons. The van der Waals surface area contributed by atoms with Gasteiger partial charge < -0.3 is 14.1 Å². The molecular weight excluding hydrogens is 320 g/mol. The number of carbonyl (C=O) groups is 1. The maximum Gasteiger partial charge on any atom is 0.223 e. The standard InChI is InChI=1S/C18H24N4O3/c1-12(2)18-21-20-16(25-18)4-5-17(23)22-8-9-24-15(11-22)14-6-7-19-13(3)10-14/h6-7,10,12,15H,4-5,8-9,11H2,1-3H3/t15-/m1/s1. The van der Waals surface area contributed by atoms with Crippen molar-refractivity contribution in [3.05, 3.63) is 41.4 Å². The van der Waals surface area contributed by atoms with E-state index in [-0.39, 0.29) is 17.9 Å². The molecule has 0 bridgehead atoms. The molecule has 0 N–H and O–H groups in total. The molecule has 1 amide bonds. The van der Waals surface area contributed by atoms with E-state index in [1.807, 2.05) is 37.8 Å². The molecule has 3 rings (SSSR count). The maximum absolute atomic E-state index is 12.5. The van der Waals surface area contributed by atoms with Gasteiger partial charge in [-0.05, 0) is 24.6 Å². The molecule has 0 spiro atoms. The van der Waals surface area contributed by atoms with Crippen LogP contribution in [0.2, 0.25) is 0 Å². The van der Waals surface area contributed by atoms with E-state index in [9.17, 15) is 4.79 Å².